The maximum atomic E-state index is 6.72. The second-order valence-electron chi connectivity index (χ2n) is 13.7. The minimum absolute atomic E-state index is 0.864. The number of anilines is 3. The quantitative estimate of drug-likeness (QED) is 0.181. The highest BCUT2D eigenvalue weighted by Crippen LogP contribution is 2.46. The highest BCUT2D eigenvalue weighted by molar-refractivity contribution is 6.19. The Labute approximate surface area is 306 Å². The first-order chi connectivity index (χ1) is 26.3. The van der Waals surface area contributed by atoms with E-state index in [1.165, 1.54) is 43.5 Å². The molecule has 248 valence electrons. The van der Waals surface area contributed by atoms with Gasteiger partial charge >= 0.3 is 0 Å². The molecule has 0 bridgehead atoms. The molecule has 3 heteroatoms. The number of nitrogens with zero attached hydrogens (tertiary/aromatic N) is 2. The molecule has 0 aliphatic heterocycles. The van der Waals surface area contributed by atoms with E-state index in [1.54, 1.807) is 0 Å². The van der Waals surface area contributed by atoms with Crippen LogP contribution in [0.25, 0.3) is 82.1 Å². The zero-order valence-electron chi connectivity index (χ0n) is 28.8. The van der Waals surface area contributed by atoms with Crippen molar-refractivity contribution in [3.05, 3.63) is 194 Å². The Bertz CT molecular complexity index is 3140. The zero-order valence-corrected chi connectivity index (χ0v) is 28.8. The zero-order chi connectivity index (χ0) is 34.9. The summed E-state index contributed by atoms with van der Waals surface area (Å²) in [6.45, 7) is 0. The van der Waals surface area contributed by atoms with Crippen LogP contribution >= 0.6 is 0 Å². The molecule has 0 amide bonds. The number of hydrogen-bond acceptors (Lipinski definition) is 2. The van der Waals surface area contributed by atoms with Gasteiger partial charge in [0.1, 0.15) is 11.2 Å². The molecular weight excluding hydrogens is 645 g/mol. The molecule has 11 rings (SSSR count). The van der Waals surface area contributed by atoms with E-state index in [9.17, 15) is 0 Å². The van der Waals surface area contributed by atoms with E-state index in [1.807, 2.05) is 0 Å². The van der Waals surface area contributed by atoms with Crippen molar-refractivity contribution in [2.75, 3.05) is 4.90 Å². The lowest BCUT2D eigenvalue weighted by atomic mass is 9.97. The van der Waals surface area contributed by atoms with Crippen LogP contribution in [0.1, 0.15) is 0 Å². The molecule has 2 aromatic heterocycles. The second kappa shape index (κ2) is 11.7. The van der Waals surface area contributed by atoms with Gasteiger partial charge in [-0.1, -0.05) is 133 Å². The van der Waals surface area contributed by atoms with Crippen LogP contribution in [0.3, 0.4) is 0 Å². The Balaban J connectivity index is 1.18. The fourth-order valence-electron chi connectivity index (χ4n) is 8.41. The maximum Gasteiger partial charge on any atom is 0.143 e. The van der Waals surface area contributed by atoms with Crippen molar-refractivity contribution >= 4 is 82.4 Å². The van der Waals surface area contributed by atoms with Crippen molar-refractivity contribution < 1.29 is 4.42 Å². The fraction of sp³-hybridized carbons (Fsp3) is 0. The number of aromatic nitrogens is 1. The molecule has 0 spiro atoms. The van der Waals surface area contributed by atoms with Crippen LogP contribution in [0, 0.1) is 0 Å². The summed E-state index contributed by atoms with van der Waals surface area (Å²) in [7, 11) is 0. The van der Waals surface area contributed by atoms with Crippen molar-refractivity contribution in [2.24, 2.45) is 0 Å². The summed E-state index contributed by atoms with van der Waals surface area (Å²) >= 11 is 0. The molecule has 0 N–H and O–H groups in total. The molecule has 0 radical (unpaired) electrons. The van der Waals surface area contributed by atoms with Gasteiger partial charge in [-0.15, -0.1) is 0 Å². The van der Waals surface area contributed by atoms with E-state index >= 15 is 0 Å². The van der Waals surface area contributed by atoms with Crippen molar-refractivity contribution in [1.29, 1.82) is 0 Å². The Morgan fingerprint density at radius 3 is 1.81 bits per heavy atom. The van der Waals surface area contributed by atoms with Crippen LogP contribution < -0.4 is 4.90 Å². The van der Waals surface area contributed by atoms with Gasteiger partial charge in [0.15, 0.2) is 0 Å². The number of rotatable bonds is 5. The van der Waals surface area contributed by atoms with Gasteiger partial charge < -0.3 is 13.9 Å². The molecule has 0 unspecified atom stereocenters. The van der Waals surface area contributed by atoms with Crippen LogP contribution in [0.5, 0.6) is 0 Å². The Morgan fingerprint density at radius 1 is 0.415 bits per heavy atom. The van der Waals surface area contributed by atoms with Crippen molar-refractivity contribution in [3.8, 4) is 16.8 Å². The molecule has 0 saturated heterocycles. The van der Waals surface area contributed by atoms with Crippen LogP contribution in [-0.4, -0.2) is 4.57 Å². The number of benzene rings is 9. The third-order valence-corrected chi connectivity index (χ3v) is 10.7. The standard InChI is InChI=1S/C50H32N2O/c1-3-20-39-33(13-1)15-10-24-40(39)35-16-9-17-36(31-35)51(47-27-12-28-48-49(47)44-30-29-34-14-2-4-21-41(34)50(44)53-48)37-18-11-19-38(32-37)52-45-25-7-5-22-42(45)43-23-6-8-26-46(43)52/h1-32H. The van der Waals surface area contributed by atoms with Crippen LogP contribution in [0.15, 0.2) is 199 Å². The van der Waals surface area contributed by atoms with Gasteiger partial charge in [-0.3, -0.25) is 0 Å². The molecule has 0 fully saturated rings. The van der Waals surface area contributed by atoms with E-state index in [4.69, 9.17) is 4.42 Å². The number of para-hydroxylation sites is 2. The van der Waals surface area contributed by atoms with E-state index in [0.717, 1.165) is 55.6 Å². The van der Waals surface area contributed by atoms with Crippen LogP contribution in [0.2, 0.25) is 0 Å². The van der Waals surface area contributed by atoms with Gasteiger partial charge in [-0.25, -0.2) is 0 Å². The van der Waals surface area contributed by atoms with E-state index in [2.05, 4.69) is 204 Å². The summed E-state index contributed by atoms with van der Waals surface area (Å²) in [5, 5.41) is 9.43. The Hall–Kier alpha value is -7.10. The second-order valence-corrected chi connectivity index (χ2v) is 13.7. The van der Waals surface area contributed by atoms with Gasteiger partial charge in [-0.2, -0.15) is 0 Å². The average molecular weight is 677 g/mol. The molecule has 0 aliphatic carbocycles. The molecule has 9 aromatic carbocycles. The molecule has 3 nitrogen and oxygen atoms in total. The molecule has 0 aliphatic rings. The van der Waals surface area contributed by atoms with Crippen LogP contribution in [-0.2, 0) is 0 Å². The average Bonchev–Trinajstić information content (AvgIpc) is 3.78. The Kier molecular flexibility index (Phi) is 6.55. The first-order valence-electron chi connectivity index (χ1n) is 18.1. The lowest BCUT2D eigenvalue weighted by Gasteiger charge is -2.27. The van der Waals surface area contributed by atoms with Gasteiger partial charge in [0.25, 0.3) is 0 Å². The predicted octanol–water partition coefficient (Wildman–Crippen LogP) is 14.1. The summed E-state index contributed by atoms with van der Waals surface area (Å²) in [6.07, 6.45) is 0. The first-order valence-corrected chi connectivity index (χ1v) is 18.1. The summed E-state index contributed by atoms with van der Waals surface area (Å²) in [4.78, 5) is 2.40. The van der Waals surface area contributed by atoms with Gasteiger partial charge in [0.05, 0.1) is 22.1 Å². The monoisotopic (exact) mass is 676 g/mol. The predicted molar refractivity (Wildman–Crippen MR) is 223 cm³/mol. The van der Waals surface area contributed by atoms with Crippen molar-refractivity contribution in [1.82, 2.24) is 4.57 Å². The summed E-state index contributed by atoms with van der Waals surface area (Å²) in [6, 6.07) is 69.8. The lowest BCUT2D eigenvalue weighted by Crippen LogP contribution is -2.11. The third-order valence-electron chi connectivity index (χ3n) is 10.7. The van der Waals surface area contributed by atoms with Crippen molar-refractivity contribution in [2.45, 2.75) is 0 Å². The van der Waals surface area contributed by atoms with E-state index in [0.29, 0.717) is 0 Å². The molecule has 2 heterocycles. The highest BCUT2D eigenvalue weighted by atomic mass is 16.3. The molecule has 0 atom stereocenters. The topological polar surface area (TPSA) is 21.3 Å². The van der Waals surface area contributed by atoms with Crippen molar-refractivity contribution in [3.63, 3.8) is 0 Å². The van der Waals surface area contributed by atoms with E-state index in [-0.39, 0.29) is 0 Å². The maximum absolute atomic E-state index is 6.72. The number of furan rings is 1. The first kappa shape index (κ1) is 29.6. The number of fused-ring (bicyclic) bond motifs is 9. The minimum atomic E-state index is 0.864. The highest BCUT2D eigenvalue weighted by Gasteiger charge is 2.22. The van der Waals surface area contributed by atoms with E-state index < -0.39 is 0 Å². The largest absolute Gasteiger partial charge is 0.455 e. The van der Waals surface area contributed by atoms with Crippen LogP contribution in [0.4, 0.5) is 17.1 Å². The number of hydrogen-bond donors (Lipinski definition) is 0. The fourth-order valence-corrected chi connectivity index (χ4v) is 8.41. The summed E-state index contributed by atoms with van der Waals surface area (Å²) in [5.74, 6) is 0. The lowest BCUT2D eigenvalue weighted by molar-refractivity contribution is 0.672. The Morgan fingerprint density at radius 2 is 1.02 bits per heavy atom. The molecule has 53 heavy (non-hydrogen) atoms. The molecular formula is C50H32N2O. The summed E-state index contributed by atoms with van der Waals surface area (Å²) in [5.41, 5.74) is 10.8. The van der Waals surface area contributed by atoms with Gasteiger partial charge in [-0.05, 0) is 87.9 Å². The SMILES string of the molecule is c1cc(-c2cccc3ccccc23)cc(N(c2cccc(-n3c4ccccc4c4ccccc43)c2)c2cccc3oc4c5ccccc5ccc4c23)c1. The summed E-state index contributed by atoms with van der Waals surface area (Å²) < 4.78 is 9.11. The third kappa shape index (κ3) is 4.61. The molecule has 11 aromatic rings. The van der Waals surface area contributed by atoms with Gasteiger partial charge in [0.2, 0.25) is 0 Å². The molecule has 0 saturated carbocycles. The minimum Gasteiger partial charge on any atom is -0.455 e. The normalized spacial score (nSPS) is 11.8. The smallest absolute Gasteiger partial charge is 0.143 e. The van der Waals surface area contributed by atoms with Gasteiger partial charge in [0, 0.05) is 38.6 Å².